The van der Waals surface area contributed by atoms with Crippen LogP contribution in [-0.2, 0) is 15.8 Å². The second-order valence-electron chi connectivity index (χ2n) is 9.25. The summed E-state index contributed by atoms with van der Waals surface area (Å²) in [6.07, 6.45) is -0.273. The number of hydrogen-bond acceptors (Lipinski definition) is 5. The van der Waals surface area contributed by atoms with Crippen LogP contribution in [0.4, 0.5) is 4.79 Å². The van der Waals surface area contributed by atoms with Gasteiger partial charge in [0.05, 0.1) is 13.2 Å². The lowest BCUT2D eigenvalue weighted by Gasteiger charge is -2.36. The van der Waals surface area contributed by atoms with Gasteiger partial charge in [-0.2, -0.15) is 0 Å². The molecule has 0 bridgehead atoms. The number of rotatable bonds is 10. The standard InChI is InChI=1S/C25H35NO5Si/c1-25(2,3)32(5,6)31-17-16-22(23(27)20-12-14-21(29-4)15-13-20)26-24(28)30-18-19-10-8-7-9-11-19/h7-15,22H,16-18H2,1-6H3,(H,26,28)/t22-/m0/s1. The molecule has 0 aromatic heterocycles. The zero-order valence-electron chi connectivity index (χ0n) is 19.9. The molecule has 0 spiro atoms. The minimum absolute atomic E-state index is 0.0601. The second-order valence-corrected chi connectivity index (χ2v) is 14.1. The van der Waals surface area contributed by atoms with Crippen molar-refractivity contribution in [3.05, 3.63) is 65.7 Å². The van der Waals surface area contributed by atoms with E-state index in [2.05, 4.69) is 39.2 Å². The molecule has 0 fully saturated rings. The first-order valence-electron chi connectivity index (χ1n) is 10.8. The molecule has 2 aromatic rings. The Bertz CT molecular complexity index is 875. The van der Waals surface area contributed by atoms with Crippen LogP contribution < -0.4 is 10.1 Å². The van der Waals surface area contributed by atoms with E-state index >= 15 is 0 Å². The highest BCUT2D eigenvalue weighted by Crippen LogP contribution is 2.36. The summed E-state index contributed by atoms with van der Waals surface area (Å²) >= 11 is 0. The van der Waals surface area contributed by atoms with Gasteiger partial charge in [-0.05, 0) is 54.4 Å². The van der Waals surface area contributed by atoms with Crippen LogP contribution in [0.25, 0.3) is 0 Å². The van der Waals surface area contributed by atoms with Crippen LogP contribution >= 0.6 is 0 Å². The Kier molecular flexibility index (Phi) is 9.04. The minimum Gasteiger partial charge on any atom is -0.497 e. The van der Waals surface area contributed by atoms with Crippen molar-refractivity contribution in [3.63, 3.8) is 0 Å². The lowest BCUT2D eigenvalue weighted by molar-refractivity contribution is 0.0896. The summed E-state index contributed by atoms with van der Waals surface area (Å²) in [5.41, 5.74) is 1.37. The topological polar surface area (TPSA) is 73.9 Å². The summed E-state index contributed by atoms with van der Waals surface area (Å²) in [5, 5.41) is 2.79. The van der Waals surface area contributed by atoms with Gasteiger partial charge in [-0.1, -0.05) is 51.1 Å². The van der Waals surface area contributed by atoms with E-state index < -0.39 is 20.5 Å². The van der Waals surface area contributed by atoms with Crippen molar-refractivity contribution in [3.8, 4) is 5.75 Å². The molecule has 0 aliphatic heterocycles. The van der Waals surface area contributed by atoms with Gasteiger partial charge in [-0.25, -0.2) is 4.79 Å². The maximum atomic E-state index is 13.2. The van der Waals surface area contributed by atoms with Crippen molar-refractivity contribution < 1.29 is 23.5 Å². The quantitative estimate of drug-likeness (QED) is 0.372. The molecule has 6 nitrogen and oxygen atoms in total. The molecule has 0 unspecified atom stereocenters. The van der Waals surface area contributed by atoms with Crippen LogP contribution in [0.15, 0.2) is 54.6 Å². The molecule has 174 valence electrons. The molecule has 0 heterocycles. The van der Waals surface area contributed by atoms with Gasteiger partial charge in [0.25, 0.3) is 0 Å². The van der Waals surface area contributed by atoms with Gasteiger partial charge in [0.15, 0.2) is 14.1 Å². The largest absolute Gasteiger partial charge is 0.497 e. The number of benzene rings is 2. The van der Waals surface area contributed by atoms with Crippen LogP contribution in [0, 0.1) is 0 Å². The molecule has 0 radical (unpaired) electrons. The first-order chi connectivity index (χ1) is 15.0. The molecule has 32 heavy (non-hydrogen) atoms. The van der Waals surface area contributed by atoms with Gasteiger partial charge in [-0.3, -0.25) is 4.79 Å². The van der Waals surface area contributed by atoms with Gasteiger partial charge >= 0.3 is 6.09 Å². The predicted molar refractivity (Wildman–Crippen MR) is 129 cm³/mol. The van der Waals surface area contributed by atoms with Crippen LogP contribution in [-0.4, -0.2) is 40.0 Å². The highest BCUT2D eigenvalue weighted by molar-refractivity contribution is 6.74. The first kappa shape index (κ1) is 25.6. The molecular weight excluding hydrogens is 422 g/mol. The number of alkyl carbamates (subject to hydrolysis) is 1. The summed E-state index contributed by atoms with van der Waals surface area (Å²) in [4.78, 5) is 25.6. The Morgan fingerprint density at radius 2 is 1.62 bits per heavy atom. The second kappa shape index (κ2) is 11.3. The molecule has 2 rings (SSSR count). The van der Waals surface area contributed by atoms with Gasteiger partial charge in [0.2, 0.25) is 0 Å². The third kappa shape index (κ3) is 7.49. The van der Waals surface area contributed by atoms with Crippen molar-refractivity contribution in [1.82, 2.24) is 5.32 Å². The van der Waals surface area contributed by atoms with Crippen molar-refractivity contribution >= 4 is 20.2 Å². The number of nitrogens with one attached hydrogen (secondary N) is 1. The van der Waals surface area contributed by atoms with E-state index in [1.807, 2.05) is 30.3 Å². The molecule has 1 amide bonds. The number of ether oxygens (including phenoxy) is 2. The van der Waals surface area contributed by atoms with E-state index in [0.29, 0.717) is 24.3 Å². The predicted octanol–water partition coefficient (Wildman–Crippen LogP) is 5.58. The molecule has 0 saturated heterocycles. The minimum atomic E-state index is -1.97. The molecular formula is C25H35NO5Si. The summed E-state index contributed by atoms with van der Waals surface area (Å²) in [7, 11) is -0.398. The Morgan fingerprint density at radius 3 is 2.19 bits per heavy atom. The first-order valence-corrected chi connectivity index (χ1v) is 13.7. The average Bonchev–Trinajstić information content (AvgIpc) is 2.76. The monoisotopic (exact) mass is 457 g/mol. The van der Waals surface area contributed by atoms with E-state index in [4.69, 9.17) is 13.9 Å². The van der Waals surface area contributed by atoms with Crippen LogP contribution in [0.1, 0.15) is 43.1 Å². The van der Waals surface area contributed by atoms with Crippen LogP contribution in [0.5, 0.6) is 5.75 Å². The van der Waals surface area contributed by atoms with Crippen LogP contribution in [0.2, 0.25) is 18.1 Å². The summed E-state index contributed by atoms with van der Waals surface area (Å²) in [5.74, 6) is 0.470. The molecule has 1 atom stereocenters. The number of methoxy groups -OCH3 is 1. The Balaban J connectivity index is 2.06. The van der Waals surface area contributed by atoms with Crippen LogP contribution in [0.3, 0.4) is 0 Å². The SMILES string of the molecule is COc1ccc(C(=O)[C@H](CCO[Si](C)(C)C(C)(C)C)NC(=O)OCc2ccccc2)cc1. The summed E-state index contributed by atoms with van der Waals surface area (Å²) in [6, 6.07) is 15.5. The Labute approximate surface area is 192 Å². The summed E-state index contributed by atoms with van der Waals surface area (Å²) < 4.78 is 16.7. The molecule has 2 aromatic carbocycles. The third-order valence-electron chi connectivity index (χ3n) is 5.87. The highest BCUT2D eigenvalue weighted by Gasteiger charge is 2.37. The van der Waals surface area contributed by atoms with Crippen molar-refractivity contribution in [2.24, 2.45) is 0 Å². The number of Topliss-reactive ketones (excluding diaryl/α,β-unsaturated/α-hetero) is 1. The molecule has 0 saturated carbocycles. The van der Waals surface area contributed by atoms with E-state index in [1.165, 1.54) is 0 Å². The average molecular weight is 458 g/mol. The fraction of sp³-hybridized carbons (Fsp3) is 0.440. The fourth-order valence-electron chi connectivity index (χ4n) is 2.78. The van der Waals surface area contributed by atoms with Gasteiger partial charge in [0.1, 0.15) is 12.4 Å². The van der Waals surface area contributed by atoms with Crippen molar-refractivity contribution in [2.45, 2.75) is 58.0 Å². The maximum Gasteiger partial charge on any atom is 0.408 e. The maximum absolute atomic E-state index is 13.2. The normalized spacial score (nSPS) is 12.7. The van der Waals surface area contributed by atoms with Gasteiger partial charge in [0, 0.05) is 12.2 Å². The van der Waals surface area contributed by atoms with Gasteiger partial charge in [-0.15, -0.1) is 0 Å². The van der Waals surface area contributed by atoms with Crippen molar-refractivity contribution in [1.29, 1.82) is 0 Å². The molecule has 0 aliphatic rings. The van der Waals surface area contributed by atoms with E-state index in [0.717, 1.165) is 5.56 Å². The smallest absolute Gasteiger partial charge is 0.408 e. The number of carbonyl (C=O) groups excluding carboxylic acids is 2. The van der Waals surface area contributed by atoms with E-state index in [9.17, 15) is 9.59 Å². The lowest BCUT2D eigenvalue weighted by Crippen LogP contribution is -2.45. The van der Waals surface area contributed by atoms with Crippen molar-refractivity contribution in [2.75, 3.05) is 13.7 Å². The molecule has 1 N–H and O–H groups in total. The lowest BCUT2D eigenvalue weighted by atomic mass is 10.0. The number of hydrogen-bond donors (Lipinski definition) is 1. The Hall–Kier alpha value is -2.64. The molecule has 0 aliphatic carbocycles. The highest BCUT2D eigenvalue weighted by atomic mass is 28.4. The Morgan fingerprint density at radius 1 is 1.00 bits per heavy atom. The summed E-state index contributed by atoms with van der Waals surface area (Å²) in [6.45, 7) is 11.3. The number of carbonyl (C=O) groups is 2. The zero-order chi connectivity index (χ0) is 23.8. The fourth-order valence-corrected chi connectivity index (χ4v) is 3.84. The van der Waals surface area contributed by atoms with Gasteiger partial charge < -0.3 is 19.2 Å². The zero-order valence-corrected chi connectivity index (χ0v) is 20.9. The number of amides is 1. The molecule has 7 heteroatoms. The number of ketones is 1. The van der Waals surface area contributed by atoms with E-state index in [1.54, 1.807) is 31.4 Å². The van der Waals surface area contributed by atoms with E-state index in [-0.39, 0.29) is 17.4 Å². The third-order valence-corrected chi connectivity index (χ3v) is 10.4.